The van der Waals surface area contributed by atoms with Crippen molar-refractivity contribution in [2.45, 2.75) is 16.5 Å². The lowest BCUT2D eigenvalue weighted by molar-refractivity contribution is -0.557. The monoisotopic (exact) mass is 296 g/mol. The maximum atomic E-state index is 13.4. The molecule has 0 heterocycles. The number of rotatable bonds is 3. The summed E-state index contributed by atoms with van der Waals surface area (Å²) in [6, 6.07) is 6.34. The molecule has 1 aliphatic rings. The number of halogens is 1. The van der Waals surface area contributed by atoms with Crippen molar-refractivity contribution in [2.24, 2.45) is 5.73 Å². The van der Waals surface area contributed by atoms with Gasteiger partial charge in [0.15, 0.2) is 0 Å². The Kier molecular flexibility index (Phi) is 3.82. The molecule has 0 fully saturated rings. The van der Waals surface area contributed by atoms with Crippen molar-refractivity contribution in [1.82, 2.24) is 0 Å². The lowest BCUT2D eigenvalue weighted by atomic mass is 9.83. The van der Waals surface area contributed by atoms with Gasteiger partial charge in [0.1, 0.15) is 5.83 Å². The molecule has 3 unspecified atom stereocenters. The van der Waals surface area contributed by atoms with Gasteiger partial charge in [-0.15, -0.1) is 0 Å². The first kappa shape index (κ1) is 14.5. The smallest absolute Gasteiger partial charge is 0.262 e. The predicted molar refractivity (Wildman–Crippen MR) is 73.8 cm³/mol. The molecule has 0 spiro atoms. The van der Waals surface area contributed by atoms with E-state index < -0.39 is 33.1 Å². The first-order chi connectivity index (χ1) is 9.34. The zero-order valence-corrected chi connectivity index (χ0v) is 11.5. The van der Waals surface area contributed by atoms with Crippen LogP contribution in [-0.2, 0) is 10.8 Å². The van der Waals surface area contributed by atoms with Crippen LogP contribution in [0.25, 0.3) is 0 Å². The summed E-state index contributed by atoms with van der Waals surface area (Å²) in [5, 5.41) is 11.2. The molecule has 2 N–H and O–H groups in total. The van der Waals surface area contributed by atoms with Crippen molar-refractivity contribution < 1.29 is 13.5 Å². The molecular weight excluding hydrogens is 283 g/mol. The Balaban J connectivity index is 2.45. The summed E-state index contributed by atoms with van der Waals surface area (Å²) in [5.74, 6) is -1.48. The van der Waals surface area contributed by atoms with Crippen LogP contribution in [0, 0.1) is 10.1 Å². The van der Waals surface area contributed by atoms with E-state index in [2.05, 4.69) is 0 Å². The Labute approximate surface area is 117 Å². The molecule has 3 atom stereocenters. The lowest BCUT2D eigenvalue weighted by Gasteiger charge is -2.27. The molecule has 0 amide bonds. The van der Waals surface area contributed by atoms with Crippen molar-refractivity contribution in [2.75, 3.05) is 6.26 Å². The Morgan fingerprint density at radius 2 is 2.00 bits per heavy atom. The Morgan fingerprint density at radius 1 is 1.40 bits per heavy atom. The second-order valence-electron chi connectivity index (χ2n) is 4.53. The molecule has 7 heteroatoms. The van der Waals surface area contributed by atoms with Crippen molar-refractivity contribution >= 4 is 10.8 Å². The number of nitrogens with zero attached hydrogens (tertiary/aromatic N) is 1. The van der Waals surface area contributed by atoms with E-state index in [0.29, 0.717) is 10.5 Å². The van der Waals surface area contributed by atoms with Crippen molar-refractivity contribution in [3.05, 3.63) is 64.0 Å². The average Bonchev–Trinajstić information content (AvgIpc) is 2.41. The molecule has 1 aliphatic carbocycles. The molecule has 5 nitrogen and oxygen atoms in total. The topological polar surface area (TPSA) is 86.2 Å². The van der Waals surface area contributed by atoms with E-state index in [1.165, 1.54) is 6.26 Å². The predicted octanol–water partition coefficient (Wildman–Crippen LogP) is 1.86. The summed E-state index contributed by atoms with van der Waals surface area (Å²) < 4.78 is 24.7. The summed E-state index contributed by atoms with van der Waals surface area (Å²) >= 11 is 0. The van der Waals surface area contributed by atoms with Crippen molar-refractivity contribution in [1.29, 1.82) is 0 Å². The molecule has 1 aromatic carbocycles. The number of allylic oxidation sites excluding steroid dienone is 2. The maximum Gasteiger partial charge on any atom is 0.302 e. The zero-order chi connectivity index (χ0) is 14.9. The van der Waals surface area contributed by atoms with Crippen LogP contribution in [0.3, 0.4) is 0 Å². The minimum Gasteiger partial charge on any atom is -0.262 e. The van der Waals surface area contributed by atoms with E-state index in [4.69, 9.17) is 5.73 Å². The van der Waals surface area contributed by atoms with E-state index in [-0.39, 0.29) is 0 Å². The third-order valence-electron chi connectivity index (χ3n) is 3.22. The van der Waals surface area contributed by atoms with E-state index in [0.717, 1.165) is 18.2 Å². The summed E-state index contributed by atoms with van der Waals surface area (Å²) in [4.78, 5) is 11.1. The number of nitrogens with two attached hydrogens (primary N) is 1. The average molecular weight is 296 g/mol. The van der Waals surface area contributed by atoms with Gasteiger partial charge in [-0.05, 0) is 29.8 Å². The third kappa shape index (κ3) is 2.54. The fourth-order valence-corrected chi connectivity index (χ4v) is 2.59. The van der Waals surface area contributed by atoms with E-state index >= 15 is 0 Å². The Morgan fingerprint density at radius 3 is 2.50 bits per heavy atom. The highest BCUT2D eigenvalue weighted by Gasteiger charge is 2.46. The summed E-state index contributed by atoms with van der Waals surface area (Å²) in [7, 11) is -1.15. The summed E-state index contributed by atoms with van der Waals surface area (Å²) in [6.07, 6.45) is 4.70. The third-order valence-corrected chi connectivity index (χ3v) is 4.16. The molecule has 0 saturated heterocycles. The van der Waals surface area contributed by atoms with Crippen LogP contribution in [0.1, 0.15) is 11.5 Å². The first-order valence-corrected chi connectivity index (χ1v) is 7.33. The number of benzene rings is 1. The van der Waals surface area contributed by atoms with Gasteiger partial charge < -0.3 is 0 Å². The molecule has 20 heavy (non-hydrogen) atoms. The molecule has 0 saturated carbocycles. The fourth-order valence-electron chi connectivity index (χ4n) is 2.07. The van der Waals surface area contributed by atoms with Crippen molar-refractivity contribution in [3.63, 3.8) is 0 Å². The summed E-state index contributed by atoms with van der Waals surface area (Å²) in [5.41, 5.74) is 4.39. The molecule has 0 aromatic heterocycles. The number of nitro groups is 1. The molecule has 1 aromatic rings. The van der Waals surface area contributed by atoms with Gasteiger partial charge >= 0.3 is 5.66 Å². The van der Waals surface area contributed by atoms with Crippen molar-refractivity contribution in [3.8, 4) is 0 Å². The normalized spacial score (nSPS) is 26.9. The van der Waals surface area contributed by atoms with Gasteiger partial charge in [0.05, 0.1) is 5.92 Å². The van der Waals surface area contributed by atoms with Crippen LogP contribution in [0.5, 0.6) is 0 Å². The van der Waals surface area contributed by atoms with Gasteiger partial charge in [0.2, 0.25) is 0 Å². The molecule has 0 bridgehead atoms. The van der Waals surface area contributed by atoms with Gasteiger partial charge in [-0.3, -0.25) is 20.1 Å². The molecule has 0 aliphatic heterocycles. The van der Waals surface area contributed by atoms with Crippen LogP contribution in [0.15, 0.2) is 53.2 Å². The molecular formula is C13H13FN2O3S. The number of hydrogen-bond donors (Lipinski definition) is 1. The van der Waals surface area contributed by atoms with Crippen LogP contribution >= 0.6 is 0 Å². The van der Waals surface area contributed by atoms with E-state index in [9.17, 15) is 18.7 Å². The van der Waals surface area contributed by atoms with Gasteiger partial charge in [-0.25, -0.2) is 4.39 Å². The quantitative estimate of drug-likeness (QED) is 0.524. The Hall–Kier alpha value is -1.86. The highest BCUT2D eigenvalue weighted by Crippen LogP contribution is 2.35. The van der Waals surface area contributed by atoms with Gasteiger partial charge in [0, 0.05) is 33.0 Å². The van der Waals surface area contributed by atoms with Crippen LogP contribution in [0.2, 0.25) is 0 Å². The van der Waals surface area contributed by atoms with Crippen LogP contribution < -0.4 is 5.73 Å². The number of hydrogen-bond acceptors (Lipinski definition) is 4. The minimum absolute atomic E-state index is 0.498. The standard InChI is InChI=1S/C13H13FN2O3S/c1-20(19)11-4-2-9(3-5-11)12-8-10(14)6-7-13(12,15)16(17)18/h2-8,12H,15H2,1H3. The van der Waals surface area contributed by atoms with Crippen LogP contribution in [-0.4, -0.2) is 21.1 Å². The SMILES string of the molecule is CS(=O)c1ccc(C2C=C(F)C=CC2(N)[N+](=O)[O-])cc1. The second kappa shape index (κ2) is 5.26. The van der Waals surface area contributed by atoms with Gasteiger partial charge in [0.25, 0.3) is 0 Å². The lowest BCUT2D eigenvalue weighted by Crippen LogP contribution is -2.51. The van der Waals surface area contributed by atoms with E-state index in [1.54, 1.807) is 24.3 Å². The van der Waals surface area contributed by atoms with Crippen LogP contribution in [0.4, 0.5) is 4.39 Å². The first-order valence-electron chi connectivity index (χ1n) is 5.78. The highest BCUT2D eigenvalue weighted by molar-refractivity contribution is 7.84. The molecule has 0 radical (unpaired) electrons. The van der Waals surface area contributed by atoms with Gasteiger partial charge in [-0.2, -0.15) is 0 Å². The maximum absolute atomic E-state index is 13.4. The zero-order valence-electron chi connectivity index (χ0n) is 10.7. The van der Waals surface area contributed by atoms with E-state index in [1.807, 2.05) is 0 Å². The molecule has 106 valence electrons. The molecule has 2 rings (SSSR count). The highest BCUT2D eigenvalue weighted by atomic mass is 32.2. The fraction of sp³-hybridized carbons (Fsp3) is 0.231. The Bertz CT molecular complexity index is 627. The second-order valence-corrected chi connectivity index (χ2v) is 5.91. The van der Waals surface area contributed by atoms with Gasteiger partial charge in [-0.1, -0.05) is 12.1 Å². The summed E-state index contributed by atoms with van der Waals surface area (Å²) in [6.45, 7) is 0. The largest absolute Gasteiger partial charge is 0.302 e. The minimum atomic E-state index is -1.89.